The van der Waals surface area contributed by atoms with Crippen molar-refractivity contribution in [2.45, 2.75) is 0 Å². The van der Waals surface area contributed by atoms with Crippen molar-refractivity contribution >= 4 is 11.9 Å². The molecule has 2 rings (SSSR count). The fraction of sp³-hybridized carbons (Fsp3) is 0.125. The van der Waals surface area contributed by atoms with Gasteiger partial charge in [0.25, 0.3) is 0 Å². The molecule has 7 nitrogen and oxygen atoms in total. The summed E-state index contributed by atoms with van der Waals surface area (Å²) in [6, 6.07) is 7.84. The summed E-state index contributed by atoms with van der Waals surface area (Å²) in [5, 5.41) is 19.4. The highest BCUT2D eigenvalue weighted by Gasteiger charge is 2.21. The van der Waals surface area contributed by atoms with E-state index in [9.17, 15) is 19.8 Å². The number of ether oxygens (including phenoxy) is 3. The van der Waals surface area contributed by atoms with Gasteiger partial charge < -0.3 is 24.4 Å². The average Bonchev–Trinajstić information content (AvgIpc) is 2.55. The molecule has 0 spiro atoms. The highest BCUT2D eigenvalue weighted by atomic mass is 16.6. The van der Waals surface area contributed by atoms with Crippen molar-refractivity contribution in [3.63, 3.8) is 0 Å². The molecule has 0 aliphatic carbocycles. The topological polar surface area (TPSA) is 102 Å². The van der Waals surface area contributed by atoms with Gasteiger partial charge in [0, 0.05) is 0 Å². The quantitative estimate of drug-likeness (QED) is 0.657. The van der Waals surface area contributed by atoms with Crippen molar-refractivity contribution in [1.82, 2.24) is 0 Å². The van der Waals surface area contributed by atoms with Gasteiger partial charge in [-0.25, -0.2) is 9.59 Å². The van der Waals surface area contributed by atoms with Crippen LogP contribution in [0.25, 0.3) is 0 Å². The molecule has 0 bridgehead atoms. The molecular formula is C16H14O7. The second-order valence-electron chi connectivity index (χ2n) is 4.44. The molecule has 120 valence electrons. The minimum absolute atomic E-state index is 0.236. The predicted octanol–water partition coefficient (Wildman–Crippen LogP) is 2.11. The number of hydrogen-bond acceptors (Lipinski definition) is 7. The first kappa shape index (κ1) is 16.2. The number of esters is 2. The Morgan fingerprint density at radius 1 is 0.783 bits per heavy atom. The molecule has 0 atom stereocenters. The van der Waals surface area contributed by atoms with Gasteiger partial charge in [-0.3, -0.25) is 0 Å². The number of rotatable bonds is 4. The summed E-state index contributed by atoms with van der Waals surface area (Å²) in [6.07, 6.45) is 0. The Bertz CT molecular complexity index is 689. The van der Waals surface area contributed by atoms with Crippen molar-refractivity contribution in [3.8, 4) is 23.0 Å². The third-order valence-electron chi connectivity index (χ3n) is 3.03. The summed E-state index contributed by atoms with van der Waals surface area (Å²) >= 11 is 0. The van der Waals surface area contributed by atoms with Crippen LogP contribution in [0.5, 0.6) is 23.0 Å². The van der Waals surface area contributed by atoms with E-state index in [0.29, 0.717) is 11.5 Å². The molecule has 0 amide bonds. The van der Waals surface area contributed by atoms with Crippen LogP contribution in [0.4, 0.5) is 0 Å². The molecule has 0 saturated carbocycles. The normalized spacial score (nSPS) is 10.0. The number of phenols is 2. The van der Waals surface area contributed by atoms with Crippen molar-refractivity contribution in [2.75, 3.05) is 14.2 Å². The lowest BCUT2D eigenvalue weighted by Crippen LogP contribution is -2.13. The third-order valence-corrected chi connectivity index (χ3v) is 3.03. The van der Waals surface area contributed by atoms with Crippen LogP contribution in [0.3, 0.4) is 0 Å². The maximum absolute atomic E-state index is 12.0. The first-order chi connectivity index (χ1) is 11.0. The molecule has 0 saturated heterocycles. The van der Waals surface area contributed by atoms with Gasteiger partial charge in [0.1, 0.15) is 34.1 Å². The van der Waals surface area contributed by atoms with E-state index in [1.54, 1.807) is 0 Å². The lowest BCUT2D eigenvalue weighted by Gasteiger charge is -2.08. The van der Waals surface area contributed by atoms with Crippen molar-refractivity contribution < 1.29 is 34.0 Å². The molecule has 0 heterocycles. The van der Waals surface area contributed by atoms with E-state index in [1.165, 1.54) is 50.6 Å². The molecule has 0 aromatic heterocycles. The highest BCUT2D eigenvalue weighted by Crippen LogP contribution is 2.26. The number of hydrogen-bond donors (Lipinski definition) is 2. The fourth-order valence-electron chi connectivity index (χ4n) is 1.81. The number of phenolic OH excluding ortho intramolecular Hbond substituents is 2. The van der Waals surface area contributed by atoms with Gasteiger partial charge in [0.2, 0.25) is 0 Å². The zero-order chi connectivity index (χ0) is 17.0. The summed E-state index contributed by atoms with van der Waals surface area (Å²) in [5.41, 5.74) is -0.472. The lowest BCUT2D eigenvalue weighted by atomic mass is 10.1. The van der Waals surface area contributed by atoms with Gasteiger partial charge >= 0.3 is 11.9 Å². The summed E-state index contributed by atoms with van der Waals surface area (Å²) in [5.74, 6) is -2.25. The van der Waals surface area contributed by atoms with Crippen LogP contribution < -0.4 is 9.47 Å². The van der Waals surface area contributed by atoms with Crippen LogP contribution in [0.1, 0.15) is 20.7 Å². The van der Waals surface area contributed by atoms with E-state index in [1.807, 2.05) is 0 Å². The van der Waals surface area contributed by atoms with Gasteiger partial charge in [-0.05, 0) is 36.4 Å². The third kappa shape index (κ3) is 3.52. The number of carbonyl (C=O) groups is 2. The Balaban J connectivity index is 2.25. The maximum atomic E-state index is 12.0. The zero-order valence-corrected chi connectivity index (χ0v) is 12.4. The monoisotopic (exact) mass is 318 g/mol. The molecule has 23 heavy (non-hydrogen) atoms. The second-order valence-corrected chi connectivity index (χ2v) is 4.44. The van der Waals surface area contributed by atoms with Crippen LogP contribution >= 0.6 is 0 Å². The molecule has 0 radical (unpaired) electrons. The summed E-state index contributed by atoms with van der Waals surface area (Å²) in [4.78, 5) is 24.0. The van der Waals surface area contributed by atoms with Crippen LogP contribution in [0, 0.1) is 0 Å². The molecule has 2 aromatic carbocycles. The Morgan fingerprint density at radius 2 is 1.17 bits per heavy atom. The van der Waals surface area contributed by atoms with E-state index in [2.05, 4.69) is 4.74 Å². The van der Waals surface area contributed by atoms with Gasteiger partial charge in [-0.2, -0.15) is 0 Å². The van der Waals surface area contributed by atoms with E-state index in [4.69, 9.17) is 9.47 Å². The van der Waals surface area contributed by atoms with Crippen LogP contribution in [0.15, 0.2) is 36.4 Å². The van der Waals surface area contributed by atoms with Crippen LogP contribution in [0.2, 0.25) is 0 Å². The maximum Gasteiger partial charge on any atom is 0.349 e. The first-order valence-corrected chi connectivity index (χ1v) is 6.46. The minimum Gasteiger partial charge on any atom is -0.507 e. The number of aromatic hydroxyl groups is 2. The van der Waals surface area contributed by atoms with Crippen LogP contribution in [-0.4, -0.2) is 36.4 Å². The number of carbonyl (C=O) groups excluding carboxylic acids is 2. The standard InChI is InChI=1S/C16H14O7/c1-21-9-3-5-13(17)11(7-9)15(19)23-16(20)12-8-10(22-2)4-6-14(12)18/h3-8,17-18H,1-2H3. The first-order valence-electron chi connectivity index (χ1n) is 6.46. The van der Waals surface area contributed by atoms with E-state index in [0.717, 1.165) is 0 Å². The average molecular weight is 318 g/mol. The smallest absolute Gasteiger partial charge is 0.349 e. The Hall–Kier alpha value is -3.22. The Kier molecular flexibility index (Phi) is 4.70. The SMILES string of the molecule is COc1ccc(O)c(C(=O)OC(=O)c2cc(OC)ccc2O)c1. The lowest BCUT2D eigenvalue weighted by molar-refractivity contribution is 0.0394. The fourth-order valence-corrected chi connectivity index (χ4v) is 1.81. The van der Waals surface area contributed by atoms with E-state index >= 15 is 0 Å². The minimum atomic E-state index is -1.08. The largest absolute Gasteiger partial charge is 0.507 e. The van der Waals surface area contributed by atoms with Gasteiger partial charge in [-0.15, -0.1) is 0 Å². The van der Waals surface area contributed by atoms with Crippen molar-refractivity contribution in [3.05, 3.63) is 47.5 Å². The van der Waals surface area contributed by atoms with Crippen molar-refractivity contribution in [2.24, 2.45) is 0 Å². The van der Waals surface area contributed by atoms with E-state index in [-0.39, 0.29) is 22.6 Å². The molecule has 2 aromatic rings. The molecule has 0 aliphatic heterocycles. The summed E-state index contributed by atoms with van der Waals surface area (Å²) < 4.78 is 14.6. The molecular weight excluding hydrogens is 304 g/mol. The van der Waals surface area contributed by atoms with Gasteiger partial charge in [0.05, 0.1) is 14.2 Å². The second kappa shape index (κ2) is 6.69. The number of benzene rings is 2. The Morgan fingerprint density at radius 3 is 1.52 bits per heavy atom. The molecule has 0 aliphatic rings. The zero-order valence-electron chi connectivity index (χ0n) is 12.4. The summed E-state index contributed by atoms with van der Waals surface area (Å²) in [6.45, 7) is 0. The molecule has 0 fully saturated rings. The van der Waals surface area contributed by atoms with Gasteiger partial charge in [-0.1, -0.05) is 0 Å². The molecule has 2 N–H and O–H groups in total. The number of methoxy groups -OCH3 is 2. The molecule has 0 unspecified atom stereocenters. The van der Waals surface area contributed by atoms with Crippen molar-refractivity contribution in [1.29, 1.82) is 0 Å². The van der Waals surface area contributed by atoms with Crippen LogP contribution in [-0.2, 0) is 4.74 Å². The summed E-state index contributed by atoms with van der Waals surface area (Å²) in [7, 11) is 2.78. The van der Waals surface area contributed by atoms with Gasteiger partial charge in [0.15, 0.2) is 0 Å². The van der Waals surface area contributed by atoms with E-state index < -0.39 is 11.9 Å². The predicted molar refractivity (Wildman–Crippen MR) is 79.1 cm³/mol. The Labute approximate surface area is 131 Å². The highest BCUT2D eigenvalue weighted by molar-refractivity contribution is 6.05. The molecule has 7 heteroatoms.